The normalized spacial score (nSPS) is 10.2. The predicted octanol–water partition coefficient (Wildman–Crippen LogP) is 4.43. The zero-order chi connectivity index (χ0) is 13.7. The quantitative estimate of drug-likeness (QED) is 0.596. The van der Waals surface area contributed by atoms with E-state index in [4.69, 9.17) is 4.74 Å². The maximum atomic E-state index is 11.9. The monoisotopic (exact) mass is 336 g/mol. The minimum absolute atomic E-state index is 0.0264. The fraction of sp³-hybridized carbons (Fsp3) is 0.133. The van der Waals surface area contributed by atoms with E-state index in [1.54, 1.807) is 23.9 Å². The summed E-state index contributed by atoms with van der Waals surface area (Å²) < 4.78 is 6.44. The van der Waals surface area contributed by atoms with Gasteiger partial charge in [-0.15, -0.1) is 11.8 Å². The lowest BCUT2D eigenvalue weighted by atomic mass is 10.1. The third kappa shape index (κ3) is 4.11. The molecule has 0 heterocycles. The van der Waals surface area contributed by atoms with Gasteiger partial charge >= 0.3 is 0 Å². The molecule has 2 aromatic rings. The van der Waals surface area contributed by atoms with Gasteiger partial charge in [-0.1, -0.05) is 28.1 Å². The predicted molar refractivity (Wildman–Crippen MR) is 82.2 cm³/mol. The molecular formula is C15H13BrO2S. The Labute approximate surface area is 125 Å². The van der Waals surface area contributed by atoms with Crippen molar-refractivity contribution < 1.29 is 9.53 Å². The van der Waals surface area contributed by atoms with Gasteiger partial charge < -0.3 is 4.74 Å². The van der Waals surface area contributed by atoms with Crippen molar-refractivity contribution in [2.45, 2.75) is 4.90 Å². The van der Waals surface area contributed by atoms with Crippen LogP contribution in [0.3, 0.4) is 0 Å². The standard InChI is InChI=1S/C15H13BrO2S/c1-19-14-8-6-13(7-9-14)18-10-15(17)11-2-4-12(16)5-3-11/h2-9H,10H2,1H3. The van der Waals surface area contributed by atoms with Crippen molar-refractivity contribution in [2.75, 3.05) is 12.9 Å². The van der Waals surface area contributed by atoms with Gasteiger partial charge in [0.15, 0.2) is 12.4 Å². The Hall–Kier alpha value is -1.26. The second-order valence-electron chi connectivity index (χ2n) is 3.89. The van der Waals surface area contributed by atoms with Crippen molar-refractivity contribution in [3.8, 4) is 5.75 Å². The molecular weight excluding hydrogens is 324 g/mol. The minimum Gasteiger partial charge on any atom is -0.485 e. The van der Waals surface area contributed by atoms with Crippen LogP contribution in [0.5, 0.6) is 5.75 Å². The van der Waals surface area contributed by atoms with Crippen molar-refractivity contribution in [3.63, 3.8) is 0 Å². The lowest BCUT2D eigenvalue weighted by Gasteiger charge is -2.06. The smallest absolute Gasteiger partial charge is 0.200 e. The van der Waals surface area contributed by atoms with Crippen LogP contribution in [0.4, 0.5) is 0 Å². The van der Waals surface area contributed by atoms with Gasteiger partial charge in [-0.2, -0.15) is 0 Å². The molecule has 4 heteroatoms. The molecule has 0 aliphatic rings. The molecule has 2 rings (SSSR count). The Kier molecular flexibility index (Phi) is 5.05. The maximum Gasteiger partial charge on any atom is 0.200 e. The number of hydrogen-bond acceptors (Lipinski definition) is 3. The molecule has 0 radical (unpaired) electrons. The lowest BCUT2D eigenvalue weighted by Crippen LogP contribution is -2.11. The Morgan fingerprint density at radius 3 is 2.32 bits per heavy atom. The average molecular weight is 337 g/mol. The van der Waals surface area contributed by atoms with Gasteiger partial charge in [0.05, 0.1) is 0 Å². The van der Waals surface area contributed by atoms with Crippen LogP contribution in [0.2, 0.25) is 0 Å². The van der Waals surface area contributed by atoms with Crippen LogP contribution in [-0.2, 0) is 0 Å². The van der Waals surface area contributed by atoms with Gasteiger partial charge in [-0.25, -0.2) is 0 Å². The van der Waals surface area contributed by atoms with Crippen LogP contribution < -0.4 is 4.74 Å². The molecule has 0 spiro atoms. The van der Waals surface area contributed by atoms with Crippen LogP contribution in [-0.4, -0.2) is 18.6 Å². The number of carbonyl (C=O) groups is 1. The van der Waals surface area contributed by atoms with E-state index in [0.717, 1.165) is 4.47 Å². The highest BCUT2D eigenvalue weighted by atomic mass is 79.9. The van der Waals surface area contributed by atoms with Crippen LogP contribution >= 0.6 is 27.7 Å². The molecule has 0 saturated carbocycles. The molecule has 19 heavy (non-hydrogen) atoms. The summed E-state index contributed by atoms with van der Waals surface area (Å²) in [6, 6.07) is 15.0. The highest BCUT2D eigenvalue weighted by molar-refractivity contribution is 9.10. The summed E-state index contributed by atoms with van der Waals surface area (Å²) in [6.07, 6.45) is 2.02. The summed E-state index contributed by atoms with van der Waals surface area (Å²) in [5.74, 6) is 0.685. The van der Waals surface area contributed by atoms with Gasteiger partial charge in [-0.05, 0) is 42.7 Å². The highest BCUT2D eigenvalue weighted by Gasteiger charge is 2.06. The zero-order valence-electron chi connectivity index (χ0n) is 10.4. The molecule has 0 N–H and O–H groups in total. The topological polar surface area (TPSA) is 26.3 Å². The summed E-state index contributed by atoms with van der Waals surface area (Å²) in [5, 5.41) is 0. The van der Waals surface area contributed by atoms with E-state index in [1.807, 2.05) is 42.7 Å². The van der Waals surface area contributed by atoms with Crippen LogP contribution in [0, 0.1) is 0 Å². The molecule has 0 aliphatic heterocycles. The molecule has 0 fully saturated rings. The number of thioether (sulfide) groups is 1. The van der Waals surface area contributed by atoms with Gasteiger partial charge in [0.1, 0.15) is 5.75 Å². The number of hydrogen-bond donors (Lipinski definition) is 0. The molecule has 2 aromatic carbocycles. The first-order chi connectivity index (χ1) is 9.19. The van der Waals surface area contributed by atoms with Crippen molar-refractivity contribution in [3.05, 3.63) is 58.6 Å². The first kappa shape index (κ1) is 14.2. The van der Waals surface area contributed by atoms with E-state index in [2.05, 4.69) is 15.9 Å². The number of benzene rings is 2. The Balaban J connectivity index is 1.94. The van der Waals surface area contributed by atoms with Crippen LogP contribution in [0.1, 0.15) is 10.4 Å². The van der Waals surface area contributed by atoms with Crippen molar-refractivity contribution in [1.82, 2.24) is 0 Å². The SMILES string of the molecule is CSc1ccc(OCC(=O)c2ccc(Br)cc2)cc1. The van der Waals surface area contributed by atoms with Gasteiger partial charge in [-0.3, -0.25) is 4.79 Å². The Morgan fingerprint density at radius 1 is 1.11 bits per heavy atom. The minimum atomic E-state index is -0.0264. The van der Waals surface area contributed by atoms with Crippen molar-refractivity contribution in [2.24, 2.45) is 0 Å². The summed E-state index contributed by atoms with van der Waals surface area (Å²) >= 11 is 5.01. The molecule has 2 nitrogen and oxygen atoms in total. The largest absolute Gasteiger partial charge is 0.485 e. The number of ether oxygens (including phenoxy) is 1. The number of carbonyl (C=O) groups excluding carboxylic acids is 1. The van der Waals surface area contributed by atoms with Gasteiger partial charge in [0.2, 0.25) is 0 Å². The summed E-state index contributed by atoms with van der Waals surface area (Å²) in [4.78, 5) is 13.1. The number of rotatable bonds is 5. The summed E-state index contributed by atoms with van der Waals surface area (Å²) in [7, 11) is 0. The third-order valence-electron chi connectivity index (χ3n) is 2.60. The van der Waals surface area contributed by atoms with E-state index in [-0.39, 0.29) is 12.4 Å². The Bertz CT molecular complexity index is 549. The second kappa shape index (κ2) is 6.78. The molecule has 0 aromatic heterocycles. The first-order valence-electron chi connectivity index (χ1n) is 5.74. The zero-order valence-corrected chi connectivity index (χ0v) is 12.8. The molecule has 0 atom stereocenters. The second-order valence-corrected chi connectivity index (χ2v) is 5.69. The number of halogens is 1. The van der Waals surface area contributed by atoms with E-state index in [9.17, 15) is 4.79 Å². The fourth-order valence-electron chi connectivity index (χ4n) is 1.54. The van der Waals surface area contributed by atoms with Crippen molar-refractivity contribution in [1.29, 1.82) is 0 Å². The molecule has 0 saturated heterocycles. The molecule has 0 unspecified atom stereocenters. The van der Waals surface area contributed by atoms with E-state index >= 15 is 0 Å². The van der Waals surface area contributed by atoms with Crippen LogP contribution in [0.15, 0.2) is 57.9 Å². The fourth-order valence-corrected chi connectivity index (χ4v) is 2.21. The maximum absolute atomic E-state index is 11.9. The summed E-state index contributed by atoms with van der Waals surface area (Å²) in [6.45, 7) is 0.0558. The first-order valence-corrected chi connectivity index (χ1v) is 7.76. The summed E-state index contributed by atoms with van der Waals surface area (Å²) in [5.41, 5.74) is 0.656. The molecule has 98 valence electrons. The van der Waals surface area contributed by atoms with E-state index in [0.29, 0.717) is 11.3 Å². The Morgan fingerprint density at radius 2 is 1.74 bits per heavy atom. The lowest BCUT2D eigenvalue weighted by molar-refractivity contribution is 0.0921. The highest BCUT2D eigenvalue weighted by Crippen LogP contribution is 2.19. The van der Waals surface area contributed by atoms with E-state index < -0.39 is 0 Å². The third-order valence-corrected chi connectivity index (χ3v) is 3.87. The molecule has 0 bridgehead atoms. The average Bonchev–Trinajstić information content (AvgIpc) is 2.46. The van der Waals surface area contributed by atoms with Gasteiger partial charge in [0, 0.05) is 14.9 Å². The van der Waals surface area contributed by atoms with Crippen molar-refractivity contribution >= 4 is 33.5 Å². The van der Waals surface area contributed by atoms with Gasteiger partial charge in [0.25, 0.3) is 0 Å². The number of ketones is 1. The number of Topliss-reactive ketones (excluding diaryl/α,β-unsaturated/α-hetero) is 1. The van der Waals surface area contributed by atoms with E-state index in [1.165, 1.54) is 4.90 Å². The molecule has 0 amide bonds. The van der Waals surface area contributed by atoms with Crippen LogP contribution in [0.25, 0.3) is 0 Å². The molecule has 0 aliphatic carbocycles.